The number of hydrogen-bond acceptors (Lipinski definition) is 8. The Morgan fingerprint density at radius 3 is 2.85 bits per heavy atom. The number of halogens is 3. The first-order valence-electron chi connectivity index (χ1n) is 12.8. The fraction of sp³-hybridized carbons (Fsp3) is 0.346. The summed E-state index contributed by atoms with van der Waals surface area (Å²) in [5, 5.41) is 11.6. The number of carbonyl (C=O) groups is 2. The van der Waals surface area contributed by atoms with E-state index in [4.69, 9.17) is 22.1 Å². The van der Waals surface area contributed by atoms with E-state index in [0.717, 1.165) is 19.4 Å². The Morgan fingerprint density at radius 2 is 2.10 bits per heavy atom. The summed E-state index contributed by atoms with van der Waals surface area (Å²) in [6, 6.07) is 5.76. The van der Waals surface area contributed by atoms with Crippen LogP contribution in [0.2, 0.25) is 5.02 Å². The van der Waals surface area contributed by atoms with E-state index in [1.807, 2.05) is 23.9 Å². The summed E-state index contributed by atoms with van der Waals surface area (Å²) in [5.41, 5.74) is 6.53. The van der Waals surface area contributed by atoms with E-state index in [-0.39, 0.29) is 63.2 Å². The van der Waals surface area contributed by atoms with Crippen molar-refractivity contribution in [2.24, 2.45) is 0 Å². The van der Waals surface area contributed by atoms with Crippen molar-refractivity contribution in [3.05, 3.63) is 53.4 Å². The average Bonchev–Trinajstić information content (AvgIpc) is 3.60. The van der Waals surface area contributed by atoms with E-state index in [9.17, 15) is 18.4 Å². The zero-order valence-corrected chi connectivity index (χ0v) is 23.1. The van der Waals surface area contributed by atoms with Gasteiger partial charge in [-0.25, -0.2) is 9.50 Å². The number of nitrogens with one attached hydrogen (secondary N) is 1. The highest BCUT2D eigenvalue weighted by atomic mass is 35.5. The van der Waals surface area contributed by atoms with Crippen molar-refractivity contribution in [3.63, 3.8) is 0 Å². The Kier molecular flexibility index (Phi) is 8.03. The van der Waals surface area contributed by atoms with Crippen LogP contribution in [-0.4, -0.2) is 85.8 Å². The predicted octanol–water partition coefficient (Wildman–Crippen LogP) is 3.23. The van der Waals surface area contributed by atoms with Gasteiger partial charge in [-0.2, -0.15) is 13.9 Å². The highest BCUT2D eigenvalue weighted by Crippen LogP contribution is 2.37. The molecule has 15 heteroatoms. The van der Waals surface area contributed by atoms with Crippen LogP contribution in [0.15, 0.2) is 42.9 Å². The van der Waals surface area contributed by atoms with Crippen molar-refractivity contribution in [1.29, 1.82) is 0 Å². The van der Waals surface area contributed by atoms with Crippen LogP contribution in [-0.2, 0) is 11.3 Å². The number of rotatable bonds is 9. The molecule has 0 spiro atoms. The van der Waals surface area contributed by atoms with Crippen LogP contribution >= 0.6 is 11.6 Å². The van der Waals surface area contributed by atoms with Gasteiger partial charge in [0.05, 0.1) is 5.69 Å². The number of aromatic nitrogens is 5. The maximum atomic E-state index is 13.4. The SMILES string of the molecule is CN(C)C[C@H]1CCCN1C(=O)Cn1cc(NC(=O)c2c(N)nn3cccnc23)c(-c2cc(Cl)ccc2OC(F)F)n1. The van der Waals surface area contributed by atoms with Gasteiger partial charge in [-0.05, 0) is 51.2 Å². The number of nitrogens with two attached hydrogens (primary N) is 1. The first-order chi connectivity index (χ1) is 19.6. The van der Waals surface area contributed by atoms with Gasteiger partial charge in [-0.3, -0.25) is 14.3 Å². The van der Waals surface area contributed by atoms with Crippen LogP contribution in [0, 0.1) is 0 Å². The topological polar surface area (TPSA) is 136 Å². The molecule has 41 heavy (non-hydrogen) atoms. The molecule has 0 bridgehead atoms. The van der Waals surface area contributed by atoms with Crippen LogP contribution in [0.1, 0.15) is 23.2 Å². The molecule has 1 fully saturated rings. The molecule has 5 rings (SSSR count). The van der Waals surface area contributed by atoms with Gasteiger partial charge in [0.2, 0.25) is 5.91 Å². The molecule has 3 aromatic heterocycles. The summed E-state index contributed by atoms with van der Waals surface area (Å²) in [4.78, 5) is 34.8. The van der Waals surface area contributed by atoms with E-state index in [1.165, 1.54) is 39.8 Å². The van der Waals surface area contributed by atoms with Crippen LogP contribution in [0.5, 0.6) is 5.75 Å². The third-order valence-corrected chi connectivity index (χ3v) is 6.88. The third-order valence-electron chi connectivity index (χ3n) is 6.64. The molecule has 2 amide bonds. The maximum Gasteiger partial charge on any atom is 0.387 e. The molecule has 216 valence electrons. The van der Waals surface area contributed by atoms with Crippen LogP contribution < -0.4 is 15.8 Å². The standard InChI is InChI=1S/C26H28ClF2N9O3/c1-35(2)12-16-5-3-9-37(16)20(39)14-36-13-18(22(33-36)17-11-15(27)6-7-19(17)41-26(28)29)32-25(40)21-23(30)34-38-10-4-8-31-24(21)38/h4,6-8,10-11,13,16,26H,3,5,9,12,14H2,1-2H3,(H2,30,34)(H,32,40)/t16-/m1/s1. The summed E-state index contributed by atoms with van der Waals surface area (Å²) < 4.78 is 33.9. The maximum absolute atomic E-state index is 13.4. The average molecular weight is 588 g/mol. The van der Waals surface area contributed by atoms with Gasteiger partial charge in [-0.1, -0.05) is 11.6 Å². The summed E-state index contributed by atoms with van der Waals surface area (Å²) in [5.74, 6) is -1.09. The molecule has 1 atom stereocenters. The molecule has 0 aliphatic carbocycles. The zero-order valence-electron chi connectivity index (χ0n) is 22.3. The Morgan fingerprint density at radius 1 is 1.29 bits per heavy atom. The zero-order chi connectivity index (χ0) is 29.3. The number of ether oxygens (including phenoxy) is 1. The Labute approximate surface area is 238 Å². The molecule has 1 aliphatic rings. The normalized spacial score (nSPS) is 15.3. The number of amides is 2. The number of fused-ring (bicyclic) bond motifs is 1. The predicted molar refractivity (Wildman–Crippen MR) is 148 cm³/mol. The molecule has 0 radical (unpaired) electrons. The van der Waals surface area contributed by atoms with Gasteiger partial charge in [0.1, 0.15) is 23.6 Å². The smallest absolute Gasteiger partial charge is 0.387 e. The van der Waals surface area contributed by atoms with Gasteiger partial charge in [0.15, 0.2) is 11.5 Å². The number of alkyl halides is 2. The van der Waals surface area contributed by atoms with Crippen LogP contribution in [0.3, 0.4) is 0 Å². The molecular formula is C26H28ClF2N9O3. The van der Waals surface area contributed by atoms with Gasteiger partial charge in [-0.15, -0.1) is 5.10 Å². The highest BCUT2D eigenvalue weighted by molar-refractivity contribution is 6.31. The lowest BCUT2D eigenvalue weighted by Gasteiger charge is -2.27. The lowest BCUT2D eigenvalue weighted by atomic mass is 10.1. The Bertz CT molecular complexity index is 1590. The quantitative estimate of drug-likeness (QED) is 0.305. The Balaban J connectivity index is 1.52. The van der Waals surface area contributed by atoms with Gasteiger partial charge in [0, 0.05) is 48.3 Å². The minimum Gasteiger partial charge on any atom is -0.434 e. The fourth-order valence-corrected chi connectivity index (χ4v) is 5.16. The molecule has 1 aromatic carbocycles. The van der Waals surface area contributed by atoms with Crippen LogP contribution in [0.25, 0.3) is 16.9 Å². The number of hydrogen-bond donors (Lipinski definition) is 2. The van der Waals surface area contributed by atoms with Gasteiger partial charge >= 0.3 is 6.61 Å². The van der Waals surface area contributed by atoms with Crippen molar-refractivity contribution in [2.75, 3.05) is 38.2 Å². The second kappa shape index (κ2) is 11.7. The van der Waals surface area contributed by atoms with Crippen molar-refractivity contribution in [2.45, 2.75) is 32.0 Å². The molecule has 12 nitrogen and oxygen atoms in total. The molecule has 3 N–H and O–H groups in total. The summed E-state index contributed by atoms with van der Waals surface area (Å²) in [6.07, 6.45) is 6.31. The number of anilines is 2. The third kappa shape index (κ3) is 6.07. The van der Waals surface area contributed by atoms with E-state index in [2.05, 4.69) is 20.5 Å². The number of nitrogen functional groups attached to an aromatic ring is 1. The number of likely N-dealkylation sites (tertiary alicyclic amines) is 1. The summed E-state index contributed by atoms with van der Waals surface area (Å²) in [6.45, 7) is -1.91. The van der Waals surface area contributed by atoms with Gasteiger partial charge in [0.25, 0.3) is 5.91 Å². The summed E-state index contributed by atoms with van der Waals surface area (Å²) in [7, 11) is 3.90. The molecule has 1 saturated heterocycles. The second-order valence-electron chi connectivity index (χ2n) is 9.86. The largest absolute Gasteiger partial charge is 0.434 e. The molecule has 0 saturated carbocycles. The Hall–Kier alpha value is -4.30. The van der Waals surface area contributed by atoms with Crippen molar-refractivity contribution < 1.29 is 23.1 Å². The number of carbonyl (C=O) groups excluding carboxylic acids is 2. The first-order valence-corrected chi connectivity index (χ1v) is 13.1. The molecule has 1 aliphatic heterocycles. The van der Waals surface area contributed by atoms with E-state index in [1.54, 1.807) is 12.3 Å². The van der Waals surface area contributed by atoms with Gasteiger partial charge < -0.3 is 25.6 Å². The molecule has 0 unspecified atom stereocenters. The van der Waals surface area contributed by atoms with Crippen LogP contribution in [0.4, 0.5) is 20.3 Å². The number of likely N-dealkylation sites (N-methyl/N-ethyl adjacent to an activating group) is 1. The highest BCUT2D eigenvalue weighted by Gasteiger charge is 2.30. The van der Waals surface area contributed by atoms with E-state index >= 15 is 0 Å². The number of benzene rings is 1. The lowest BCUT2D eigenvalue weighted by Crippen LogP contribution is -2.42. The molecular weight excluding hydrogens is 560 g/mol. The fourth-order valence-electron chi connectivity index (χ4n) is 4.99. The van der Waals surface area contributed by atoms with E-state index in [0.29, 0.717) is 6.54 Å². The molecule has 4 heterocycles. The second-order valence-corrected chi connectivity index (χ2v) is 10.3. The lowest BCUT2D eigenvalue weighted by molar-refractivity contribution is -0.133. The minimum atomic E-state index is -3.12. The molecule has 4 aromatic rings. The van der Waals surface area contributed by atoms with E-state index < -0.39 is 12.5 Å². The minimum absolute atomic E-state index is 0.0131. The number of nitrogens with zero attached hydrogens (tertiary/aromatic N) is 7. The first kappa shape index (κ1) is 28.2. The van der Waals surface area contributed by atoms with Crippen molar-refractivity contribution >= 4 is 40.6 Å². The van der Waals surface area contributed by atoms with Crippen molar-refractivity contribution in [1.82, 2.24) is 34.2 Å². The monoisotopic (exact) mass is 587 g/mol. The summed E-state index contributed by atoms with van der Waals surface area (Å²) >= 11 is 6.20. The van der Waals surface area contributed by atoms with Crippen molar-refractivity contribution in [3.8, 4) is 17.0 Å².